The van der Waals surface area contributed by atoms with Gasteiger partial charge in [-0.2, -0.15) is 0 Å². The highest BCUT2D eigenvalue weighted by molar-refractivity contribution is 14.1. The average molecular weight is 466 g/mol. The fraction of sp³-hybridized carbons (Fsp3) is 0.118. The quantitative estimate of drug-likeness (QED) is 0.323. The number of hydrogen-bond acceptors (Lipinski definition) is 5. The Morgan fingerprint density at radius 2 is 2.12 bits per heavy atom. The molecule has 0 saturated heterocycles. The summed E-state index contributed by atoms with van der Waals surface area (Å²) in [5.41, 5.74) is 0.773. The minimum Gasteiger partial charge on any atom is -0.461 e. The number of furan rings is 1. The van der Waals surface area contributed by atoms with Crippen molar-refractivity contribution in [1.29, 1.82) is 0 Å². The predicted molar refractivity (Wildman–Crippen MR) is 106 cm³/mol. The van der Waals surface area contributed by atoms with Crippen molar-refractivity contribution < 1.29 is 9.21 Å². The van der Waals surface area contributed by atoms with Crippen LogP contribution >= 0.6 is 34.4 Å². The molecule has 8 heteroatoms. The molecule has 128 valence electrons. The molecule has 0 aliphatic heterocycles. The molecular weight excluding hydrogens is 451 g/mol. The molecule has 6 nitrogen and oxygen atoms in total. The van der Waals surface area contributed by atoms with Crippen LogP contribution in [0.5, 0.6) is 0 Å². The van der Waals surface area contributed by atoms with E-state index in [0.29, 0.717) is 23.3 Å². The monoisotopic (exact) mass is 466 g/mol. The van der Waals surface area contributed by atoms with Crippen LogP contribution in [-0.2, 0) is 11.3 Å². The fourth-order valence-corrected chi connectivity index (χ4v) is 3.24. The molecule has 25 heavy (non-hydrogen) atoms. The van der Waals surface area contributed by atoms with Gasteiger partial charge in [0, 0.05) is 15.8 Å². The lowest BCUT2D eigenvalue weighted by molar-refractivity contribution is -0.113. The number of nitrogens with zero attached hydrogens (tertiary/aromatic N) is 3. The molecule has 0 fully saturated rings. The Bertz CT molecular complexity index is 859. The molecule has 0 aliphatic rings. The zero-order chi connectivity index (χ0) is 17.6. The third kappa shape index (κ3) is 4.51. The Morgan fingerprint density at radius 3 is 2.80 bits per heavy atom. The normalized spacial score (nSPS) is 10.6. The van der Waals surface area contributed by atoms with Gasteiger partial charge in [-0.3, -0.25) is 9.36 Å². The van der Waals surface area contributed by atoms with Gasteiger partial charge in [0.2, 0.25) is 11.7 Å². The molecule has 0 bridgehead atoms. The van der Waals surface area contributed by atoms with Crippen molar-refractivity contribution in [3.63, 3.8) is 0 Å². The number of thioether (sulfide) groups is 1. The number of carbonyl (C=O) groups is 1. The van der Waals surface area contributed by atoms with Crippen LogP contribution in [0.2, 0.25) is 0 Å². The van der Waals surface area contributed by atoms with Gasteiger partial charge in [0.1, 0.15) is 0 Å². The van der Waals surface area contributed by atoms with E-state index in [4.69, 9.17) is 4.42 Å². The van der Waals surface area contributed by atoms with Crippen LogP contribution in [0.25, 0.3) is 11.6 Å². The number of halogens is 1. The van der Waals surface area contributed by atoms with Crippen molar-refractivity contribution in [2.45, 2.75) is 11.7 Å². The molecule has 1 amide bonds. The molecular formula is C17H15IN4O2S. The summed E-state index contributed by atoms with van der Waals surface area (Å²) in [7, 11) is 0. The van der Waals surface area contributed by atoms with Crippen molar-refractivity contribution >= 4 is 45.9 Å². The Morgan fingerprint density at radius 1 is 1.32 bits per heavy atom. The Kier molecular flexibility index (Phi) is 5.92. The van der Waals surface area contributed by atoms with E-state index in [1.165, 1.54) is 11.8 Å². The molecule has 3 aromatic rings. The highest BCUT2D eigenvalue weighted by Gasteiger charge is 2.16. The summed E-state index contributed by atoms with van der Waals surface area (Å²) < 4.78 is 8.38. The minimum absolute atomic E-state index is 0.0982. The first-order valence-corrected chi connectivity index (χ1v) is 9.50. The number of allylic oxidation sites excluding steroid dienone is 1. The maximum absolute atomic E-state index is 12.1. The first-order valence-electron chi connectivity index (χ1n) is 7.43. The Labute approximate surface area is 162 Å². The largest absolute Gasteiger partial charge is 0.461 e. The SMILES string of the molecule is C=CCn1c(SCC(=O)Nc2ccc(I)cc2)nnc1-c1ccco1. The van der Waals surface area contributed by atoms with Crippen LogP contribution in [-0.4, -0.2) is 26.4 Å². The van der Waals surface area contributed by atoms with Crippen LogP contribution in [0, 0.1) is 3.57 Å². The second kappa shape index (κ2) is 8.34. The smallest absolute Gasteiger partial charge is 0.234 e. The van der Waals surface area contributed by atoms with Crippen LogP contribution in [0.1, 0.15) is 0 Å². The number of rotatable bonds is 7. The van der Waals surface area contributed by atoms with E-state index in [1.54, 1.807) is 18.4 Å². The number of aromatic nitrogens is 3. The number of anilines is 1. The van der Waals surface area contributed by atoms with E-state index >= 15 is 0 Å². The molecule has 0 aliphatic carbocycles. The Hall–Kier alpha value is -2.07. The Balaban J connectivity index is 1.67. The van der Waals surface area contributed by atoms with Crippen molar-refractivity contribution in [3.05, 3.63) is 58.9 Å². The predicted octanol–water partition coefficient (Wildman–Crippen LogP) is 4.06. The van der Waals surface area contributed by atoms with Crippen LogP contribution in [0.15, 0.2) is 64.9 Å². The highest BCUT2D eigenvalue weighted by atomic mass is 127. The van der Waals surface area contributed by atoms with E-state index < -0.39 is 0 Å². The molecule has 2 heterocycles. The maximum Gasteiger partial charge on any atom is 0.234 e. The van der Waals surface area contributed by atoms with Gasteiger partial charge < -0.3 is 9.73 Å². The van der Waals surface area contributed by atoms with E-state index in [0.717, 1.165) is 9.26 Å². The van der Waals surface area contributed by atoms with Crippen LogP contribution < -0.4 is 5.32 Å². The van der Waals surface area contributed by atoms with Gasteiger partial charge in [0.25, 0.3) is 0 Å². The molecule has 3 rings (SSSR count). The number of carbonyl (C=O) groups excluding carboxylic acids is 1. The van der Waals surface area contributed by atoms with Gasteiger partial charge in [-0.25, -0.2) is 0 Å². The van der Waals surface area contributed by atoms with E-state index in [1.807, 2.05) is 34.9 Å². The summed E-state index contributed by atoms with van der Waals surface area (Å²) in [6.45, 7) is 4.29. The van der Waals surface area contributed by atoms with Crippen LogP contribution in [0.4, 0.5) is 5.69 Å². The summed E-state index contributed by atoms with van der Waals surface area (Å²) >= 11 is 3.54. The molecule has 1 aromatic carbocycles. The lowest BCUT2D eigenvalue weighted by Gasteiger charge is -2.07. The molecule has 0 radical (unpaired) electrons. The average Bonchev–Trinajstić information content (AvgIpc) is 3.25. The fourth-order valence-electron chi connectivity index (χ4n) is 2.14. The van der Waals surface area contributed by atoms with Crippen molar-refractivity contribution in [3.8, 4) is 11.6 Å². The summed E-state index contributed by atoms with van der Waals surface area (Å²) in [6, 6.07) is 11.3. The number of nitrogens with one attached hydrogen (secondary N) is 1. The van der Waals surface area contributed by atoms with Crippen molar-refractivity contribution in [2.75, 3.05) is 11.1 Å². The summed E-state index contributed by atoms with van der Waals surface area (Å²) in [6.07, 6.45) is 3.34. The maximum atomic E-state index is 12.1. The number of amides is 1. The standard InChI is InChI=1S/C17H15IN4O2S/c1-2-9-22-16(14-4-3-10-24-14)20-21-17(22)25-11-15(23)19-13-7-5-12(18)6-8-13/h2-8,10H,1,9,11H2,(H,19,23). The van der Waals surface area contributed by atoms with Crippen LogP contribution in [0.3, 0.4) is 0 Å². The zero-order valence-corrected chi connectivity index (χ0v) is 16.2. The zero-order valence-electron chi connectivity index (χ0n) is 13.2. The summed E-state index contributed by atoms with van der Waals surface area (Å²) in [5.74, 6) is 1.38. The molecule has 0 spiro atoms. The van der Waals surface area contributed by atoms with Gasteiger partial charge in [-0.05, 0) is 59.0 Å². The topological polar surface area (TPSA) is 73.0 Å². The van der Waals surface area contributed by atoms with Gasteiger partial charge in [-0.1, -0.05) is 17.8 Å². The van der Waals surface area contributed by atoms with E-state index in [9.17, 15) is 4.79 Å². The van der Waals surface area contributed by atoms with Gasteiger partial charge >= 0.3 is 0 Å². The summed E-state index contributed by atoms with van der Waals surface area (Å²) in [4.78, 5) is 12.1. The lowest BCUT2D eigenvalue weighted by atomic mass is 10.3. The third-order valence-electron chi connectivity index (χ3n) is 3.23. The van der Waals surface area contributed by atoms with Crippen molar-refractivity contribution in [1.82, 2.24) is 14.8 Å². The molecule has 0 atom stereocenters. The number of benzene rings is 1. The molecule has 1 N–H and O–H groups in total. The summed E-state index contributed by atoms with van der Waals surface area (Å²) in [5, 5.41) is 11.8. The van der Waals surface area contributed by atoms with Crippen molar-refractivity contribution in [2.24, 2.45) is 0 Å². The van der Waals surface area contributed by atoms with Gasteiger partial charge in [0.05, 0.1) is 12.0 Å². The van der Waals surface area contributed by atoms with E-state index in [-0.39, 0.29) is 11.7 Å². The van der Waals surface area contributed by atoms with E-state index in [2.05, 4.69) is 44.7 Å². The molecule has 0 unspecified atom stereocenters. The lowest BCUT2D eigenvalue weighted by Crippen LogP contribution is -2.14. The second-order valence-corrected chi connectivity index (χ2v) is 7.21. The first-order chi connectivity index (χ1) is 12.2. The minimum atomic E-state index is -0.0982. The second-order valence-electron chi connectivity index (χ2n) is 5.03. The highest BCUT2D eigenvalue weighted by Crippen LogP contribution is 2.24. The van der Waals surface area contributed by atoms with Gasteiger partial charge in [0.15, 0.2) is 10.9 Å². The third-order valence-corrected chi connectivity index (χ3v) is 4.92. The molecule has 0 saturated carbocycles. The number of hydrogen-bond donors (Lipinski definition) is 1. The van der Waals surface area contributed by atoms with Gasteiger partial charge in [-0.15, -0.1) is 16.8 Å². The molecule has 2 aromatic heterocycles. The first kappa shape index (κ1) is 17.7.